The smallest absolute Gasteiger partial charge is 0.262 e. The highest BCUT2D eigenvalue weighted by atomic mass is 35.5. The van der Waals surface area contributed by atoms with Crippen molar-refractivity contribution < 1.29 is 4.79 Å². The van der Waals surface area contributed by atoms with E-state index in [1.807, 2.05) is 0 Å². The molecule has 0 atom stereocenters. The Hall–Kier alpha value is -1.79. The molecule has 0 aliphatic rings. The summed E-state index contributed by atoms with van der Waals surface area (Å²) in [6, 6.07) is 5.06. The van der Waals surface area contributed by atoms with Gasteiger partial charge in [0, 0.05) is 30.8 Å². The minimum atomic E-state index is -0.144. The summed E-state index contributed by atoms with van der Waals surface area (Å²) in [6.07, 6.45) is 1.65. The summed E-state index contributed by atoms with van der Waals surface area (Å²) in [7, 11) is 0. The molecule has 2 aromatic rings. The van der Waals surface area contributed by atoms with Crippen LogP contribution in [0.25, 0.3) is 10.9 Å². The summed E-state index contributed by atoms with van der Waals surface area (Å²) < 4.78 is 1.56. The molecule has 0 bridgehead atoms. The van der Waals surface area contributed by atoms with Gasteiger partial charge in [-0.1, -0.05) is 29.4 Å². The van der Waals surface area contributed by atoms with E-state index in [2.05, 4.69) is 16.9 Å². The second-order valence-electron chi connectivity index (χ2n) is 4.59. The Morgan fingerprint density at radius 2 is 2.32 bits per heavy atom. The molecule has 1 aromatic heterocycles. The lowest BCUT2D eigenvalue weighted by molar-refractivity contribution is -0.118. The molecule has 0 saturated carbocycles. The number of allylic oxidation sites excluding steroid dienone is 1. The zero-order chi connectivity index (χ0) is 16.1. The quantitative estimate of drug-likeness (QED) is 0.380. The van der Waals surface area contributed by atoms with Gasteiger partial charge >= 0.3 is 0 Å². The molecule has 0 fully saturated rings. The maximum absolute atomic E-state index is 12.6. The van der Waals surface area contributed by atoms with Gasteiger partial charge in [-0.3, -0.25) is 14.2 Å². The van der Waals surface area contributed by atoms with E-state index in [9.17, 15) is 9.59 Å². The Morgan fingerprint density at radius 1 is 1.55 bits per heavy atom. The number of halogens is 1. The standard InChI is InChI=1S/C15H16ClN3O2S/c1-3-7-19-14(21)12-9-11(16)4-5-13(12)18-15(19)22-8-6-17-10(2)20/h3-5,9H,1,6-8H2,2H3,(H,17,20). The van der Waals surface area contributed by atoms with Crippen molar-refractivity contribution in [2.24, 2.45) is 0 Å². The van der Waals surface area contributed by atoms with Crippen LogP contribution in [0, 0.1) is 0 Å². The number of carbonyl (C=O) groups excluding carboxylic acids is 1. The number of benzene rings is 1. The molecular weight excluding hydrogens is 322 g/mol. The molecule has 7 heteroatoms. The summed E-state index contributed by atoms with van der Waals surface area (Å²) in [5.74, 6) is 0.549. The molecule has 1 amide bonds. The van der Waals surface area contributed by atoms with Gasteiger partial charge in [0.15, 0.2) is 5.16 Å². The van der Waals surface area contributed by atoms with Crippen molar-refractivity contribution in [1.82, 2.24) is 14.9 Å². The molecule has 0 aliphatic heterocycles. The third-order valence-electron chi connectivity index (χ3n) is 2.90. The van der Waals surface area contributed by atoms with E-state index in [4.69, 9.17) is 11.6 Å². The van der Waals surface area contributed by atoms with E-state index in [-0.39, 0.29) is 11.5 Å². The normalized spacial score (nSPS) is 10.6. The Kier molecular flexibility index (Phi) is 5.63. The molecule has 116 valence electrons. The third kappa shape index (κ3) is 3.90. The number of amides is 1. The summed E-state index contributed by atoms with van der Waals surface area (Å²) in [4.78, 5) is 28.0. The van der Waals surface area contributed by atoms with E-state index in [1.54, 1.807) is 28.8 Å². The molecule has 5 nitrogen and oxygen atoms in total. The van der Waals surface area contributed by atoms with Crippen LogP contribution in [0.2, 0.25) is 5.02 Å². The minimum absolute atomic E-state index is 0.0785. The third-order valence-corrected chi connectivity index (χ3v) is 4.11. The lowest BCUT2D eigenvalue weighted by Gasteiger charge is -2.11. The van der Waals surface area contributed by atoms with Crippen LogP contribution in [-0.2, 0) is 11.3 Å². The van der Waals surface area contributed by atoms with Gasteiger partial charge in [-0.15, -0.1) is 6.58 Å². The van der Waals surface area contributed by atoms with Gasteiger partial charge in [0.2, 0.25) is 5.91 Å². The Balaban J connectivity index is 2.37. The van der Waals surface area contributed by atoms with E-state index >= 15 is 0 Å². The number of nitrogens with zero attached hydrogens (tertiary/aromatic N) is 2. The molecule has 0 saturated heterocycles. The molecular formula is C15H16ClN3O2S. The Bertz CT molecular complexity index is 773. The second kappa shape index (κ2) is 7.47. The van der Waals surface area contributed by atoms with Crippen molar-refractivity contribution >= 4 is 40.2 Å². The van der Waals surface area contributed by atoms with Crippen molar-refractivity contribution in [3.8, 4) is 0 Å². The molecule has 1 aromatic carbocycles. The predicted molar refractivity (Wildman–Crippen MR) is 90.6 cm³/mol. The van der Waals surface area contributed by atoms with Gasteiger partial charge in [0.25, 0.3) is 5.56 Å². The lowest BCUT2D eigenvalue weighted by Crippen LogP contribution is -2.25. The van der Waals surface area contributed by atoms with Crippen molar-refractivity contribution in [2.75, 3.05) is 12.3 Å². The molecule has 0 spiro atoms. The first kappa shape index (κ1) is 16.6. The van der Waals surface area contributed by atoms with Crippen molar-refractivity contribution in [2.45, 2.75) is 18.6 Å². The highest BCUT2D eigenvalue weighted by molar-refractivity contribution is 7.99. The van der Waals surface area contributed by atoms with Crippen LogP contribution in [0.15, 0.2) is 40.8 Å². The van der Waals surface area contributed by atoms with E-state index < -0.39 is 0 Å². The van der Waals surface area contributed by atoms with Crippen LogP contribution in [0.5, 0.6) is 0 Å². The number of carbonyl (C=O) groups is 1. The van der Waals surface area contributed by atoms with Crippen LogP contribution < -0.4 is 10.9 Å². The van der Waals surface area contributed by atoms with Crippen LogP contribution in [0.1, 0.15) is 6.92 Å². The monoisotopic (exact) mass is 337 g/mol. The average molecular weight is 338 g/mol. The highest BCUT2D eigenvalue weighted by Gasteiger charge is 2.11. The van der Waals surface area contributed by atoms with Crippen LogP contribution in [-0.4, -0.2) is 27.8 Å². The first-order valence-corrected chi connectivity index (χ1v) is 8.07. The topological polar surface area (TPSA) is 64.0 Å². The van der Waals surface area contributed by atoms with Gasteiger partial charge in [0.05, 0.1) is 10.9 Å². The van der Waals surface area contributed by atoms with Crippen molar-refractivity contribution in [1.29, 1.82) is 0 Å². The second-order valence-corrected chi connectivity index (χ2v) is 6.09. The summed E-state index contributed by atoms with van der Waals surface area (Å²) in [5.41, 5.74) is 0.464. The van der Waals surface area contributed by atoms with Gasteiger partial charge in [-0.2, -0.15) is 0 Å². The van der Waals surface area contributed by atoms with E-state index in [1.165, 1.54) is 18.7 Å². The highest BCUT2D eigenvalue weighted by Crippen LogP contribution is 2.20. The van der Waals surface area contributed by atoms with Crippen LogP contribution in [0.3, 0.4) is 0 Å². The van der Waals surface area contributed by atoms with Gasteiger partial charge in [0.1, 0.15) is 0 Å². The number of hydrogen-bond donors (Lipinski definition) is 1. The summed E-state index contributed by atoms with van der Waals surface area (Å²) >= 11 is 7.37. The number of fused-ring (bicyclic) bond motifs is 1. The fourth-order valence-corrected chi connectivity index (χ4v) is 2.98. The Morgan fingerprint density at radius 3 is 3.00 bits per heavy atom. The molecule has 0 unspecified atom stereocenters. The first-order chi connectivity index (χ1) is 10.5. The zero-order valence-electron chi connectivity index (χ0n) is 12.1. The van der Waals surface area contributed by atoms with Crippen LogP contribution in [0.4, 0.5) is 0 Å². The van der Waals surface area contributed by atoms with E-state index in [0.717, 1.165) is 0 Å². The number of nitrogens with one attached hydrogen (secondary N) is 1. The van der Waals surface area contributed by atoms with Gasteiger partial charge in [-0.05, 0) is 18.2 Å². The molecule has 0 radical (unpaired) electrons. The molecule has 2 rings (SSSR count). The fraction of sp³-hybridized carbons (Fsp3) is 0.267. The number of thioether (sulfide) groups is 1. The molecule has 1 heterocycles. The number of hydrogen-bond acceptors (Lipinski definition) is 4. The van der Waals surface area contributed by atoms with E-state index in [0.29, 0.717) is 39.9 Å². The van der Waals surface area contributed by atoms with Gasteiger partial charge < -0.3 is 5.32 Å². The van der Waals surface area contributed by atoms with Gasteiger partial charge in [-0.25, -0.2) is 4.98 Å². The maximum atomic E-state index is 12.6. The minimum Gasteiger partial charge on any atom is -0.356 e. The SMILES string of the molecule is C=CCn1c(SCCNC(C)=O)nc2ccc(Cl)cc2c1=O. The maximum Gasteiger partial charge on any atom is 0.262 e. The molecule has 1 N–H and O–H groups in total. The lowest BCUT2D eigenvalue weighted by atomic mass is 10.2. The Labute approximate surface area is 137 Å². The van der Waals surface area contributed by atoms with Crippen LogP contribution >= 0.6 is 23.4 Å². The molecule has 0 aliphatic carbocycles. The van der Waals surface area contributed by atoms with Crippen molar-refractivity contribution in [3.63, 3.8) is 0 Å². The fourth-order valence-electron chi connectivity index (χ4n) is 1.94. The first-order valence-electron chi connectivity index (χ1n) is 6.71. The number of rotatable bonds is 6. The average Bonchev–Trinajstić information content (AvgIpc) is 2.48. The predicted octanol–water partition coefficient (Wildman–Crippen LogP) is 2.46. The largest absolute Gasteiger partial charge is 0.356 e. The summed E-state index contributed by atoms with van der Waals surface area (Å²) in [5, 5.41) is 4.30. The van der Waals surface area contributed by atoms with Crippen molar-refractivity contribution in [3.05, 3.63) is 46.2 Å². The summed E-state index contributed by atoms with van der Waals surface area (Å²) in [6.45, 7) is 6.03. The molecule has 22 heavy (non-hydrogen) atoms. The number of aromatic nitrogens is 2. The zero-order valence-corrected chi connectivity index (χ0v) is 13.7.